The molecule has 0 aliphatic carbocycles. The maximum Gasteiger partial charge on any atom is 0.305 e. The molecule has 6 heteroatoms. The van der Waals surface area contributed by atoms with Crippen LogP contribution in [0.4, 0.5) is 11.4 Å². The predicted octanol–water partition coefficient (Wildman–Crippen LogP) is 1.34. The van der Waals surface area contributed by atoms with E-state index in [0.717, 1.165) is 11.4 Å². The number of anilines is 2. The summed E-state index contributed by atoms with van der Waals surface area (Å²) >= 11 is 0. The molecule has 0 fully saturated rings. The van der Waals surface area contributed by atoms with Gasteiger partial charge in [0.2, 0.25) is 5.91 Å². The van der Waals surface area contributed by atoms with Crippen molar-refractivity contribution in [2.45, 2.75) is 12.8 Å². The number of amides is 1. The summed E-state index contributed by atoms with van der Waals surface area (Å²) < 4.78 is 5.36. The molecule has 1 amide bonds. The number of aliphatic carboxylic acids is 1. The number of hydrogen-bond acceptors (Lipinski definition) is 4. The first-order valence-corrected chi connectivity index (χ1v) is 6.45. The fourth-order valence-corrected chi connectivity index (χ4v) is 2.36. The van der Waals surface area contributed by atoms with Crippen LogP contribution in [0.2, 0.25) is 0 Å². The van der Waals surface area contributed by atoms with E-state index in [0.29, 0.717) is 25.3 Å². The number of nitrogens with zero attached hydrogens (tertiary/aromatic N) is 2. The van der Waals surface area contributed by atoms with E-state index in [1.807, 2.05) is 23.1 Å². The van der Waals surface area contributed by atoms with Gasteiger partial charge in [-0.05, 0) is 12.1 Å². The Balaban J connectivity index is 2.44. The Kier molecular flexibility index (Phi) is 4.12. The van der Waals surface area contributed by atoms with Gasteiger partial charge >= 0.3 is 5.97 Å². The van der Waals surface area contributed by atoms with E-state index in [2.05, 4.69) is 0 Å². The van der Waals surface area contributed by atoms with Gasteiger partial charge in [0.05, 0.1) is 19.2 Å². The molecule has 0 radical (unpaired) electrons. The topological polar surface area (TPSA) is 70.1 Å². The Labute approximate surface area is 117 Å². The Bertz CT molecular complexity index is 530. The first kappa shape index (κ1) is 14.2. The molecule has 1 aromatic carbocycles. The third kappa shape index (κ3) is 2.68. The van der Waals surface area contributed by atoms with Gasteiger partial charge in [-0.3, -0.25) is 9.59 Å². The quantitative estimate of drug-likeness (QED) is 0.900. The third-order valence-corrected chi connectivity index (χ3v) is 3.44. The van der Waals surface area contributed by atoms with E-state index in [4.69, 9.17) is 9.84 Å². The number of carboxylic acid groups (broad SMARTS) is 1. The van der Waals surface area contributed by atoms with Crippen LogP contribution >= 0.6 is 0 Å². The van der Waals surface area contributed by atoms with Gasteiger partial charge in [0, 0.05) is 26.6 Å². The minimum atomic E-state index is -0.856. The number of hydrogen-bond donors (Lipinski definition) is 1. The lowest BCUT2D eigenvalue weighted by atomic mass is 10.2. The second kappa shape index (κ2) is 5.81. The first-order chi connectivity index (χ1) is 9.54. The molecule has 0 aromatic heterocycles. The molecular weight excluding hydrogens is 260 g/mol. The van der Waals surface area contributed by atoms with E-state index >= 15 is 0 Å². The molecule has 0 saturated heterocycles. The molecule has 1 aliphatic rings. The molecule has 6 nitrogen and oxygen atoms in total. The zero-order chi connectivity index (χ0) is 14.7. The molecule has 0 unspecified atom stereocenters. The van der Waals surface area contributed by atoms with Crippen LogP contribution in [0.25, 0.3) is 0 Å². The van der Waals surface area contributed by atoms with E-state index < -0.39 is 5.97 Å². The number of carbonyl (C=O) groups is 2. The van der Waals surface area contributed by atoms with Crippen molar-refractivity contribution < 1.29 is 19.4 Å². The highest BCUT2D eigenvalue weighted by molar-refractivity contribution is 5.99. The number of fused-ring (bicyclic) bond motifs is 1. The standard InChI is InChI=1S/C14H18N2O4/c1-15-10-4-3-5-11(20-2)14(10)16(8-6-12(15)17)9-7-13(18)19/h3-5H,6-9H2,1-2H3,(H,18,19). The van der Waals surface area contributed by atoms with Gasteiger partial charge in [-0.25, -0.2) is 0 Å². The fourth-order valence-electron chi connectivity index (χ4n) is 2.36. The van der Waals surface area contributed by atoms with Crippen LogP contribution in [-0.4, -0.2) is 44.2 Å². The molecule has 0 spiro atoms. The minimum absolute atomic E-state index is 0.0114. The highest BCUT2D eigenvalue weighted by Crippen LogP contribution is 2.39. The van der Waals surface area contributed by atoms with Crippen molar-refractivity contribution in [3.05, 3.63) is 18.2 Å². The average Bonchev–Trinajstić information content (AvgIpc) is 2.56. The van der Waals surface area contributed by atoms with Crippen LogP contribution in [0, 0.1) is 0 Å². The molecule has 0 atom stereocenters. The molecule has 1 heterocycles. The number of rotatable bonds is 4. The maximum atomic E-state index is 12.0. The van der Waals surface area contributed by atoms with Crippen molar-refractivity contribution in [3.63, 3.8) is 0 Å². The summed E-state index contributed by atoms with van der Waals surface area (Å²) in [7, 11) is 3.29. The lowest BCUT2D eigenvalue weighted by Crippen LogP contribution is -2.28. The van der Waals surface area contributed by atoms with Gasteiger partial charge in [-0.2, -0.15) is 0 Å². The Morgan fingerprint density at radius 2 is 2.20 bits per heavy atom. The molecule has 0 saturated carbocycles. The average molecular weight is 278 g/mol. The first-order valence-electron chi connectivity index (χ1n) is 6.45. The number of methoxy groups -OCH3 is 1. The summed E-state index contributed by atoms with van der Waals surface area (Å²) in [6.45, 7) is 0.841. The van der Waals surface area contributed by atoms with E-state index in [9.17, 15) is 9.59 Å². The van der Waals surface area contributed by atoms with Crippen LogP contribution in [0.3, 0.4) is 0 Å². The molecule has 108 valence electrons. The van der Waals surface area contributed by atoms with Crippen molar-refractivity contribution in [1.82, 2.24) is 0 Å². The van der Waals surface area contributed by atoms with E-state index in [1.165, 1.54) is 0 Å². The zero-order valence-electron chi connectivity index (χ0n) is 11.6. The summed E-state index contributed by atoms with van der Waals surface area (Å²) in [5.74, 6) is -0.197. The summed E-state index contributed by atoms with van der Waals surface area (Å²) in [4.78, 5) is 26.3. The van der Waals surface area contributed by atoms with Crippen molar-refractivity contribution in [3.8, 4) is 5.75 Å². The SMILES string of the molecule is COc1cccc2c1N(CCC(=O)O)CCC(=O)N2C. The highest BCUT2D eigenvalue weighted by Gasteiger charge is 2.26. The van der Waals surface area contributed by atoms with Gasteiger partial charge in [-0.15, -0.1) is 0 Å². The fraction of sp³-hybridized carbons (Fsp3) is 0.429. The molecule has 1 aliphatic heterocycles. The summed E-state index contributed by atoms with van der Waals surface area (Å²) in [6, 6.07) is 5.48. The molecule has 1 aromatic rings. The van der Waals surface area contributed by atoms with Gasteiger partial charge < -0.3 is 19.6 Å². The normalized spacial score (nSPS) is 14.8. The molecule has 20 heavy (non-hydrogen) atoms. The lowest BCUT2D eigenvalue weighted by molar-refractivity contribution is -0.136. The predicted molar refractivity (Wildman–Crippen MR) is 75.5 cm³/mol. The molecular formula is C14H18N2O4. The van der Waals surface area contributed by atoms with Gasteiger partial charge in [-0.1, -0.05) is 6.07 Å². The van der Waals surface area contributed by atoms with E-state index in [-0.39, 0.29) is 12.3 Å². The third-order valence-electron chi connectivity index (χ3n) is 3.44. The Morgan fingerprint density at radius 3 is 2.85 bits per heavy atom. The second-order valence-corrected chi connectivity index (χ2v) is 4.66. The van der Waals surface area contributed by atoms with Gasteiger partial charge in [0.25, 0.3) is 0 Å². The molecule has 0 bridgehead atoms. The van der Waals surface area contributed by atoms with Crippen LogP contribution < -0.4 is 14.5 Å². The summed E-state index contributed by atoms with van der Waals surface area (Å²) in [6.07, 6.45) is 0.378. The van der Waals surface area contributed by atoms with Gasteiger partial charge in [0.1, 0.15) is 11.4 Å². The van der Waals surface area contributed by atoms with Crippen molar-refractivity contribution in [2.75, 3.05) is 37.0 Å². The zero-order valence-corrected chi connectivity index (χ0v) is 11.6. The van der Waals surface area contributed by atoms with Crippen molar-refractivity contribution in [2.24, 2.45) is 0 Å². The largest absolute Gasteiger partial charge is 0.495 e. The maximum absolute atomic E-state index is 12.0. The summed E-state index contributed by atoms with van der Waals surface area (Å²) in [5, 5.41) is 8.86. The lowest BCUT2D eigenvalue weighted by Gasteiger charge is -2.26. The Hall–Kier alpha value is -2.24. The van der Waals surface area contributed by atoms with Crippen molar-refractivity contribution >= 4 is 23.3 Å². The van der Waals surface area contributed by atoms with Crippen LogP contribution in [0.5, 0.6) is 5.75 Å². The number of carbonyl (C=O) groups excluding carboxylic acids is 1. The van der Waals surface area contributed by atoms with Crippen LogP contribution in [0.15, 0.2) is 18.2 Å². The second-order valence-electron chi connectivity index (χ2n) is 4.66. The minimum Gasteiger partial charge on any atom is -0.495 e. The van der Waals surface area contributed by atoms with E-state index in [1.54, 1.807) is 19.1 Å². The smallest absolute Gasteiger partial charge is 0.305 e. The van der Waals surface area contributed by atoms with Crippen LogP contribution in [-0.2, 0) is 9.59 Å². The summed E-state index contributed by atoms with van der Waals surface area (Å²) in [5.41, 5.74) is 1.53. The molecule has 1 N–H and O–H groups in total. The van der Waals surface area contributed by atoms with Crippen molar-refractivity contribution in [1.29, 1.82) is 0 Å². The Morgan fingerprint density at radius 1 is 1.45 bits per heavy atom. The number of para-hydroxylation sites is 1. The van der Waals surface area contributed by atoms with Gasteiger partial charge in [0.15, 0.2) is 0 Å². The highest BCUT2D eigenvalue weighted by atomic mass is 16.5. The molecule has 2 rings (SSSR count). The monoisotopic (exact) mass is 278 g/mol. The van der Waals surface area contributed by atoms with Crippen LogP contribution in [0.1, 0.15) is 12.8 Å². The number of ether oxygens (including phenoxy) is 1. The number of benzene rings is 1. The number of carboxylic acids is 1.